The van der Waals surface area contributed by atoms with Gasteiger partial charge in [0.2, 0.25) is 0 Å². The summed E-state index contributed by atoms with van der Waals surface area (Å²) in [5.74, 6) is 0.151. The third-order valence-corrected chi connectivity index (χ3v) is 1.18. The van der Waals surface area contributed by atoms with Crippen LogP contribution in [0.5, 0.6) is 0 Å². The highest BCUT2D eigenvalue weighted by atomic mass is 35.5. The summed E-state index contributed by atoms with van der Waals surface area (Å²) >= 11 is 5.23. The van der Waals surface area contributed by atoms with Gasteiger partial charge in [0.15, 0.2) is 0 Å². The molecule has 0 aliphatic rings. The SMILES string of the molecule is CCOCCC(=O)CCl. The van der Waals surface area contributed by atoms with Gasteiger partial charge < -0.3 is 4.74 Å². The number of hydrogen-bond donors (Lipinski definition) is 0. The molecule has 3 heteroatoms. The van der Waals surface area contributed by atoms with E-state index in [1.54, 1.807) is 0 Å². The van der Waals surface area contributed by atoms with E-state index in [-0.39, 0.29) is 11.7 Å². The van der Waals surface area contributed by atoms with Crippen LogP contribution >= 0.6 is 11.6 Å². The Hall–Kier alpha value is -0.0800. The van der Waals surface area contributed by atoms with Crippen LogP contribution in [0.3, 0.4) is 0 Å². The fourth-order valence-corrected chi connectivity index (χ4v) is 0.531. The van der Waals surface area contributed by atoms with E-state index in [4.69, 9.17) is 16.3 Å². The molecular formula is C6H11ClO2. The predicted molar refractivity (Wildman–Crippen MR) is 36.8 cm³/mol. The first-order valence-corrected chi connectivity index (χ1v) is 3.50. The number of halogens is 1. The first-order valence-electron chi connectivity index (χ1n) is 2.96. The second-order valence-electron chi connectivity index (χ2n) is 1.62. The molecule has 54 valence electrons. The van der Waals surface area contributed by atoms with Crippen LogP contribution in [0.1, 0.15) is 13.3 Å². The zero-order chi connectivity index (χ0) is 7.11. The molecule has 0 aliphatic carbocycles. The monoisotopic (exact) mass is 150 g/mol. The summed E-state index contributed by atoms with van der Waals surface area (Å²) in [6, 6.07) is 0. The number of carbonyl (C=O) groups is 1. The molecule has 2 nitrogen and oxygen atoms in total. The van der Waals surface area contributed by atoms with Crippen molar-refractivity contribution in [2.24, 2.45) is 0 Å². The van der Waals surface area contributed by atoms with Gasteiger partial charge in [-0.3, -0.25) is 4.79 Å². The molecule has 0 rings (SSSR count). The van der Waals surface area contributed by atoms with Crippen molar-refractivity contribution in [2.45, 2.75) is 13.3 Å². The van der Waals surface area contributed by atoms with Crippen molar-refractivity contribution in [1.82, 2.24) is 0 Å². The molecule has 0 bridgehead atoms. The van der Waals surface area contributed by atoms with Crippen LogP contribution < -0.4 is 0 Å². The van der Waals surface area contributed by atoms with Crippen molar-refractivity contribution in [3.63, 3.8) is 0 Å². The number of alkyl halides is 1. The first kappa shape index (κ1) is 8.92. The molecule has 0 unspecified atom stereocenters. The van der Waals surface area contributed by atoms with Crippen molar-refractivity contribution in [1.29, 1.82) is 0 Å². The lowest BCUT2D eigenvalue weighted by atomic mass is 10.3. The average molecular weight is 151 g/mol. The Morgan fingerprint density at radius 3 is 2.78 bits per heavy atom. The number of rotatable bonds is 5. The normalized spacial score (nSPS) is 9.56. The highest BCUT2D eigenvalue weighted by Crippen LogP contribution is 1.87. The lowest BCUT2D eigenvalue weighted by Crippen LogP contribution is -2.04. The van der Waals surface area contributed by atoms with Crippen LogP contribution in [0.25, 0.3) is 0 Å². The number of carbonyl (C=O) groups excluding carboxylic acids is 1. The molecule has 0 saturated heterocycles. The van der Waals surface area contributed by atoms with Crippen molar-refractivity contribution in [2.75, 3.05) is 19.1 Å². The minimum atomic E-state index is 0.0464. The Morgan fingerprint density at radius 2 is 2.33 bits per heavy atom. The standard InChI is InChI=1S/C6H11ClO2/c1-2-9-4-3-6(8)5-7/h2-5H2,1H3. The number of ketones is 1. The molecule has 0 saturated carbocycles. The van der Waals surface area contributed by atoms with E-state index in [1.807, 2.05) is 6.92 Å². The molecular weight excluding hydrogens is 140 g/mol. The van der Waals surface area contributed by atoms with Crippen molar-refractivity contribution in [3.05, 3.63) is 0 Å². The summed E-state index contributed by atoms with van der Waals surface area (Å²) in [5, 5.41) is 0. The van der Waals surface area contributed by atoms with Crippen LogP contribution in [0.15, 0.2) is 0 Å². The van der Waals surface area contributed by atoms with Gasteiger partial charge in [0.25, 0.3) is 0 Å². The fraction of sp³-hybridized carbons (Fsp3) is 0.833. The lowest BCUT2D eigenvalue weighted by Gasteiger charge is -1.96. The summed E-state index contributed by atoms with van der Waals surface area (Å²) in [4.78, 5) is 10.5. The number of Topliss-reactive ketones (excluding diaryl/α,β-unsaturated/α-hetero) is 1. The maximum Gasteiger partial charge on any atom is 0.149 e. The largest absolute Gasteiger partial charge is 0.381 e. The van der Waals surface area contributed by atoms with Gasteiger partial charge in [-0.1, -0.05) is 0 Å². The van der Waals surface area contributed by atoms with Gasteiger partial charge in [-0.15, -0.1) is 11.6 Å². The Bertz CT molecular complexity index is 83.1. The maximum absolute atomic E-state index is 10.5. The van der Waals surface area contributed by atoms with Crippen LogP contribution in [0, 0.1) is 0 Å². The highest BCUT2D eigenvalue weighted by Gasteiger charge is 1.96. The van der Waals surface area contributed by atoms with E-state index < -0.39 is 0 Å². The third kappa shape index (κ3) is 5.80. The Morgan fingerprint density at radius 1 is 1.67 bits per heavy atom. The minimum Gasteiger partial charge on any atom is -0.381 e. The predicted octanol–water partition coefficient (Wildman–Crippen LogP) is 1.22. The van der Waals surface area contributed by atoms with E-state index in [0.717, 1.165) is 0 Å². The second kappa shape index (κ2) is 6.05. The van der Waals surface area contributed by atoms with Gasteiger partial charge >= 0.3 is 0 Å². The summed E-state index contributed by atoms with van der Waals surface area (Å²) < 4.78 is 4.93. The van der Waals surface area contributed by atoms with Gasteiger partial charge in [0, 0.05) is 13.0 Å². The van der Waals surface area contributed by atoms with Crippen LogP contribution in [-0.2, 0) is 9.53 Å². The molecule has 0 aromatic rings. The van der Waals surface area contributed by atoms with Crippen molar-refractivity contribution < 1.29 is 9.53 Å². The smallest absolute Gasteiger partial charge is 0.149 e. The zero-order valence-electron chi connectivity index (χ0n) is 5.52. The van der Waals surface area contributed by atoms with Gasteiger partial charge in [0.1, 0.15) is 5.78 Å². The molecule has 0 atom stereocenters. The Balaban J connectivity index is 2.97. The summed E-state index contributed by atoms with van der Waals surface area (Å²) in [6.07, 6.45) is 0.442. The topological polar surface area (TPSA) is 26.3 Å². The summed E-state index contributed by atoms with van der Waals surface area (Å²) in [5.41, 5.74) is 0. The van der Waals surface area contributed by atoms with E-state index in [1.165, 1.54) is 0 Å². The molecule has 0 spiro atoms. The Kier molecular flexibility index (Phi) is 5.99. The van der Waals surface area contributed by atoms with E-state index in [0.29, 0.717) is 19.6 Å². The molecule has 0 N–H and O–H groups in total. The molecule has 0 aromatic heterocycles. The van der Waals surface area contributed by atoms with Gasteiger partial charge in [-0.25, -0.2) is 0 Å². The molecule has 0 aromatic carbocycles. The maximum atomic E-state index is 10.5. The fourth-order valence-electron chi connectivity index (χ4n) is 0.397. The average Bonchev–Trinajstić information content (AvgIpc) is 1.89. The van der Waals surface area contributed by atoms with Crippen LogP contribution in [0.4, 0.5) is 0 Å². The van der Waals surface area contributed by atoms with Gasteiger partial charge in [0.05, 0.1) is 12.5 Å². The summed E-state index contributed by atoms with van der Waals surface area (Å²) in [6.45, 7) is 3.06. The first-order chi connectivity index (χ1) is 4.31. The quantitative estimate of drug-likeness (QED) is 0.435. The van der Waals surface area contributed by atoms with Crippen LogP contribution in [0.2, 0.25) is 0 Å². The molecule has 0 fully saturated rings. The Labute approximate surface area is 60.1 Å². The van der Waals surface area contributed by atoms with E-state index in [2.05, 4.69) is 0 Å². The molecule has 0 aliphatic heterocycles. The van der Waals surface area contributed by atoms with Crippen molar-refractivity contribution >= 4 is 17.4 Å². The lowest BCUT2D eigenvalue weighted by molar-refractivity contribution is -0.117. The second-order valence-corrected chi connectivity index (χ2v) is 1.89. The number of ether oxygens (including phenoxy) is 1. The van der Waals surface area contributed by atoms with E-state index in [9.17, 15) is 4.79 Å². The molecule has 0 heterocycles. The highest BCUT2D eigenvalue weighted by molar-refractivity contribution is 6.27. The van der Waals surface area contributed by atoms with Crippen molar-refractivity contribution in [3.8, 4) is 0 Å². The van der Waals surface area contributed by atoms with Gasteiger partial charge in [-0.05, 0) is 6.92 Å². The molecule has 0 radical (unpaired) electrons. The minimum absolute atomic E-state index is 0.0464. The van der Waals surface area contributed by atoms with Crippen LogP contribution in [-0.4, -0.2) is 24.9 Å². The third-order valence-electron chi connectivity index (χ3n) is 0.878. The zero-order valence-corrected chi connectivity index (χ0v) is 6.28. The molecule has 9 heavy (non-hydrogen) atoms. The number of hydrogen-bond acceptors (Lipinski definition) is 2. The van der Waals surface area contributed by atoms with E-state index >= 15 is 0 Å². The molecule has 0 amide bonds. The summed E-state index contributed by atoms with van der Waals surface area (Å²) in [7, 11) is 0. The van der Waals surface area contributed by atoms with Gasteiger partial charge in [-0.2, -0.15) is 0 Å².